The van der Waals surface area contributed by atoms with Crippen molar-refractivity contribution in [2.45, 2.75) is 26.4 Å². The Morgan fingerprint density at radius 3 is 1.95 bits per heavy atom. The van der Waals surface area contributed by atoms with Gasteiger partial charge in [-0.1, -0.05) is 43.3 Å². The van der Waals surface area contributed by atoms with E-state index in [-0.39, 0.29) is 6.10 Å². The Hall–Kier alpha value is -1.80. The van der Waals surface area contributed by atoms with E-state index in [0.29, 0.717) is 0 Å². The van der Waals surface area contributed by atoms with Gasteiger partial charge in [-0.3, -0.25) is 0 Å². The molecule has 0 aromatic heterocycles. The topological polar surface area (TPSA) is 18.5 Å². The van der Waals surface area contributed by atoms with Crippen LogP contribution < -0.4 is 4.74 Å². The van der Waals surface area contributed by atoms with Crippen LogP contribution in [0.3, 0.4) is 0 Å². The monoisotopic (exact) mass is 270 g/mol. The molecule has 0 N–H and O–H groups in total. The van der Waals surface area contributed by atoms with E-state index in [1.54, 1.807) is 7.11 Å². The highest BCUT2D eigenvalue weighted by atomic mass is 16.5. The Bertz CT molecular complexity index is 514. The predicted octanol–water partition coefficient (Wildman–Crippen LogP) is 4.85. The van der Waals surface area contributed by atoms with Crippen LogP contribution in [0.2, 0.25) is 0 Å². The third kappa shape index (κ3) is 3.61. The fraction of sp³-hybridized carbons (Fsp3) is 0.333. The maximum Gasteiger partial charge on any atom is 0.119 e. The minimum Gasteiger partial charge on any atom is -0.494 e. The first-order valence-electron chi connectivity index (χ1n) is 7.10. The normalized spacial score (nSPS) is 12.2. The molecule has 2 aromatic rings. The summed E-state index contributed by atoms with van der Waals surface area (Å²) in [5.74, 6) is 0.931. The van der Waals surface area contributed by atoms with Crippen molar-refractivity contribution in [1.82, 2.24) is 0 Å². The average molecular weight is 270 g/mol. The van der Waals surface area contributed by atoms with Gasteiger partial charge in [-0.25, -0.2) is 0 Å². The molecular weight excluding hydrogens is 248 g/mol. The molecule has 2 nitrogen and oxygen atoms in total. The van der Waals surface area contributed by atoms with Crippen LogP contribution >= 0.6 is 0 Å². The van der Waals surface area contributed by atoms with Crippen molar-refractivity contribution in [2.75, 3.05) is 13.7 Å². The fourth-order valence-corrected chi connectivity index (χ4v) is 2.05. The first kappa shape index (κ1) is 14.6. The number of ether oxygens (including phenoxy) is 2. The Kier molecular flexibility index (Phi) is 5.19. The number of methoxy groups -OCH3 is 1. The van der Waals surface area contributed by atoms with Gasteiger partial charge < -0.3 is 9.47 Å². The van der Waals surface area contributed by atoms with Crippen LogP contribution in [0.15, 0.2) is 48.5 Å². The smallest absolute Gasteiger partial charge is 0.119 e. The summed E-state index contributed by atoms with van der Waals surface area (Å²) >= 11 is 0. The van der Waals surface area contributed by atoms with Crippen molar-refractivity contribution in [3.63, 3.8) is 0 Å². The van der Waals surface area contributed by atoms with Crippen LogP contribution in [0.25, 0.3) is 11.1 Å². The summed E-state index contributed by atoms with van der Waals surface area (Å²) in [5.41, 5.74) is 3.60. The number of rotatable bonds is 6. The molecule has 0 bridgehead atoms. The summed E-state index contributed by atoms with van der Waals surface area (Å²) in [4.78, 5) is 0. The van der Waals surface area contributed by atoms with Gasteiger partial charge in [0.15, 0.2) is 0 Å². The van der Waals surface area contributed by atoms with Crippen molar-refractivity contribution in [3.8, 4) is 16.9 Å². The van der Waals surface area contributed by atoms with E-state index in [1.165, 1.54) is 16.7 Å². The standard InChI is InChI=1S/C18H22O2/c1-4-13-20-18-11-9-17(10-12-18)16-7-5-15(6-8-16)14(2)19-3/h5-12,14H,4,13H2,1-3H3. The molecular formula is C18H22O2. The summed E-state index contributed by atoms with van der Waals surface area (Å²) in [6.45, 7) is 4.93. The Morgan fingerprint density at radius 2 is 1.45 bits per heavy atom. The van der Waals surface area contributed by atoms with E-state index in [9.17, 15) is 0 Å². The van der Waals surface area contributed by atoms with Crippen molar-refractivity contribution in [2.24, 2.45) is 0 Å². The lowest BCUT2D eigenvalue weighted by Crippen LogP contribution is -1.95. The third-order valence-electron chi connectivity index (χ3n) is 3.39. The quantitative estimate of drug-likeness (QED) is 0.747. The molecule has 0 aliphatic carbocycles. The van der Waals surface area contributed by atoms with Crippen LogP contribution in [-0.2, 0) is 4.74 Å². The molecule has 20 heavy (non-hydrogen) atoms. The second-order valence-corrected chi connectivity index (χ2v) is 4.87. The molecule has 0 radical (unpaired) electrons. The van der Waals surface area contributed by atoms with Gasteiger partial charge in [0, 0.05) is 7.11 Å². The molecule has 0 fully saturated rings. The molecule has 1 unspecified atom stereocenters. The van der Waals surface area contributed by atoms with Gasteiger partial charge in [-0.05, 0) is 42.2 Å². The van der Waals surface area contributed by atoms with E-state index in [1.807, 2.05) is 12.1 Å². The molecule has 1 atom stereocenters. The molecule has 0 aliphatic heterocycles. The second-order valence-electron chi connectivity index (χ2n) is 4.87. The minimum atomic E-state index is 0.133. The lowest BCUT2D eigenvalue weighted by Gasteiger charge is -2.11. The second kappa shape index (κ2) is 7.11. The van der Waals surface area contributed by atoms with Gasteiger partial charge >= 0.3 is 0 Å². The van der Waals surface area contributed by atoms with Gasteiger partial charge in [-0.2, -0.15) is 0 Å². The number of benzene rings is 2. The zero-order chi connectivity index (χ0) is 14.4. The van der Waals surface area contributed by atoms with E-state index in [4.69, 9.17) is 9.47 Å². The highest BCUT2D eigenvalue weighted by Gasteiger charge is 2.04. The van der Waals surface area contributed by atoms with Crippen molar-refractivity contribution >= 4 is 0 Å². The summed E-state index contributed by atoms with van der Waals surface area (Å²) in [5, 5.41) is 0. The summed E-state index contributed by atoms with van der Waals surface area (Å²) in [6.07, 6.45) is 1.16. The van der Waals surface area contributed by atoms with Crippen molar-refractivity contribution < 1.29 is 9.47 Å². The van der Waals surface area contributed by atoms with Crippen LogP contribution in [0.4, 0.5) is 0 Å². The van der Waals surface area contributed by atoms with E-state index < -0.39 is 0 Å². The highest BCUT2D eigenvalue weighted by molar-refractivity contribution is 5.64. The Labute approximate surface area is 121 Å². The van der Waals surface area contributed by atoms with Gasteiger partial charge in [0.2, 0.25) is 0 Å². The zero-order valence-electron chi connectivity index (χ0n) is 12.4. The molecule has 0 aliphatic rings. The largest absolute Gasteiger partial charge is 0.494 e. The molecule has 0 heterocycles. The lowest BCUT2D eigenvalue weighted by molar-refractivity contribution is 0.119. The number of hydrogen-bond acceptors (Lipinski definition) is 2. The van der Waals surface area contributed by atoms with E-state index in [2.05, 4.69) is 50.2 Å². The van der Waals surface area contributed by atoms with Gasteiger partial charge in [0.1, 0.15) is 5.75 Å². The molecule has 0 spiro atoms. The maximum absolute atomic E-state index is 5.59. The Morgan fingerprint density at radius 1 is 0.900 bits per heavy atom. The van der Waals surface area contributed by atoms with Crippen LogP contribution in [0, 0.1) is 0 Å². The van der Waals surface area contributed by atoms with Gasteiger partial charge in [0.05, 0.1) is 12.7 Å². The first-order valence-corrected chi connectivity index (χ1v) is 7.10. The molecule has 2 rings (SSSR count). The van der Waals surface area contributed by atoms with E-state index >= 15 is 0 Å². The summed E-state index contributed by atoms with van der Waals surface area (Å²) < 4.78 is 10.9. The molecule has 0 amide bonds. The van der Waals surface area contributed by atoms with Crippen molar-refractivity contribution in [1.29, 1.82) is 0 Å². The van der Waals surface area contributed by atoms with E-state index in [0.717, 1.165) is 18.8 Å². The lowest BCUT2D eigenvalue weighted by atomic mass is 10.0. The van der Waals surface area contributed by atoms with Crippen LogP contribution in [0.1, 0.15) is 31.9 Å². The van der Waals surface area contributed by atoms with Gasteiger partial charge in [-0.15, -0.1) is 0 Å². The average Bonchev–Trinajstić information content (AvgIpc) is 2.53. The van der Waals surface area contributed by atoms with Crippen LogP contribution in [0.5, 0.6) is 5.75 Å². The molecule has 2 heteroatoms. The molecule has 0 saturated carbocycles. The third-order valence-corrected chi connectivity index (χ3v) is 3.39. The van der Waals surface area contributed by atoms with Crippen LogP contribution in [-0.4, -0.2) is 13.7 Å². The minimum absolute atomic E-state index is 0.133. The SMILES string of the molecule is CCCOc1ccc(-c2ccc(C(C)OC)cc2)cc1. The Balaban J connectivity index is 2.11. The predicted molar refractivity (Wildman–Crippen MR) is 83.1 cm³/mol. The molecule has 2 aromatic carbocycles. The first-order chi connectivity index (χ1) is 9.74. The maximum atomic E-state index is 5.59. The summed E-state index contributed by atoms with van der Waals surface area (Å²) in [6, 6.07) is 16.7. The fourth-order valence-electron chi connectivity index (χ4n) is 2.05. The highest BCUT2D eigenvalue weighted by Crippen LogP contribution is 2.25. The zero-order valence-corrected chi connectivity index (χ0v) is 12.4. The molecule has 106 valence electrons. The summed E-state index contributed by atoms with van der Waals surface area (Å²) in [7, 11) is 1.73. The number of hydrogen-bond donors (Lipinski definition) is 0. The van der Waals surface area contributed by atoms with Gasteiger partial charge in [0.25, 0.3) is 0 Å². The van der Waals surface area contributed by atoms with Crippen molar-refractivity contribution in [3.05, 3.63) is 54.1 Å². The molecule has 0 saturated heterocycles.